The Morgan fingerprint density at radius 3 is 2.07 bits per heavy atom. The molecule has 0 radical (unpaired) electrons. The Hall–Kier alpha value is -6.31. The first kappa shape index (κ1) is 38.9. The second-order valence-corrected chi connectivity index (χ2v) is 12.0. The van der Waals surface area contributed by atoms with Crippen molar-refractivity contribution in [3.8, 4) is 23.0 Å². The fourth-order valence-corrected chi connectivity index (χ4v) is 5.26. The maximum Gasteiger partial charge on any atom is 0.343 e. The monoisotopic (exact) mass is 737 g/mol. The minimum atomic E-state index is -1.05. The fourth-order valence-electron chi connectivity index (χ4n) is 5.26. The largest absolute Gasteiger partial charge is 0.494 e. The zero-order valence-corrected chi connectivity index (χ0v) is 29.7. The number of ether oxygens (including phenoxy) is 6. The van der Waals surface area contributed by atoms with Crippen LogP contribution in [0.2, 0.25) is 0 Å². The lowest BCUT2D eigenvalue weighted by atomic mass is 10.1. The number of methoxy groups -OCH3 is 2. The molecular weight excluding hydrogens is 698 g/mol. The predicted molar refractivity (Wildman–Crippen MR) is 196 cm³/mol. The molecule has 54 heavy (non-hydrogen) atoms. The van der Waals surface area contributed by atoms with E-state index in [1.54, 1.807) is 36.4 Å². The third-order valence-electron chi connectivity index (χ3n) is 8.19. The van der Waals surface area contributed by atoms with Gasteiger partial charge in [-0.3, -0.25) is 19.3 Å². The number of benzene rings is 4. The molecule has 0 aromatic heterocycles. The van der Waals surface area contributed by atoms with Gasteiger partial charge >= 0.3 is 17.9 Å². The zero-order chi connectivity index (χ0) is 38.5. The topological polar surface area (TPSA) is 164 Å². The van der Waals surface area contributed by atoms with Gasteiger partial charge < -0.3 is 33.5 Å². The van der Waals surface area contributed by atoms with E-state index >= 15 is 0 Å². The van der Waals surface area contributed by atoms with Gasteiger partial charge in [-0.05, 0) is 109 Å². The van der Waals surface area contributed by atoms with Crippen LogP contribution in [0.4, 0.5) is 0 Å². The molecule has 13 heteroatoms. The number of amides is 2. The number of unbranched alkanes of at least 4 members (excludes halogenated alkanes) is 3. The molecule has 1 unspecified atom stereocenters. The number of imide groups is 1. The first-order chi connectivity index (χ1) is 26.1. The van der Waals surface area contributed by atoms with E-state index in [4.69, 9.17) is 28.4 Å². The average molecular weight is 738 g/mol. The minimum Gasteiger partial charge on any atom is -0.494 e. The summed E-state index contributed by atoms with van der Waals surface area (Å²) in [4.78, 5) is 61.5. The Morgan fingerprint density at radius 2 is 1.35 bits per heavy atom. The SMILES string of the molecule is COc1cc(/C=C/C(O)OC)ccc1OC(=O)c1ccc(OC(=O)c2ccc3cc(OCCCCCCOC(=O)CN4C(=O)C=CC4=O)ccc3c2)cc1. The number of fused-ring (bicyclic) bond motifs is 1. The van der Waals surface area contributed by atoms with E-state index in [2.05, 4.69) is 0 Å². The Labute approximate surface area is 311 Å². The highest BCUT2D eigenvalue weighted by atomic mass is 16.6. The van der Waals surface area contributed by atoms with Gasteiger partial charge in [-0.1, -0.05) is 24.3 Å². The van der Waals surface area contributed by atoms with Crippen molar-refractivity contribution >= 4 is 46.6 Å². The quantitative estimate of drug-likeness (QED) is 0.0438. The molecule has 0 saturated carbocycles. The second kappa shape index (κ2) is 19.0. The summed E-state index contributed by atoms with van der Waals surface area (Å²) < 4.78 is 32.2. The molecule has 4 aromatic carbocycles. The number of aliphatic hydroxyl groups excluding tert-OH is 1. The van der Waals surface area contributed by atoms with E-state index in [1.807, 2.05) is 24.3 Å². The summed E-state index contributed by atoms with van der Waals surface area (Å²) in [6.45, 7) is 0.326. The van der Waals surface area contributed by atoms with Crippen molar-refractivity contribution in [3.05, 3.63) is 114 Å². The van der Waals surface area contributed by atoms with Gasteiger partial charge in [0.2, 0.25) is 0 Å². The summed E-state index contributed by atoms with van der Waals surface area (Å²) in [6, 6.07) is 21.7. The molecule has 280 valence electrons. The number of esters is 3. The Balaban J connectivity index is 1.03. The molecule has 1 atom stereocenters. The van der Waals surface area contributed by atoms with Crippen LogP contribution in [0.15, 0.2) is 97.1 Å². The highest BCUT2D eigenvalue weighted by Gasteiger charge is 2.26. The fraction of sp³-hybridized carbons (Fsp3) is 0.244. The van der Waals surface area contributed by atoms with Gasteiger partial charge in [0, 0.05) is 19.3 Å². The number of hydrogen-bond donors (Lipinski definition) is 1. The van der Waals surface area contributed by atoms with Crippen LogP contribution in [0.25, 0.3) is 16.8 Å². The molecule has 4 aromatic rings. The molecule has 0 saturated heterocycles. The van der Waals surface area contributed by atoms with Gasteiger partial charge in [0.1, 0.15) is 18.0 Å². The summed E-state index contributed by atoms with van der Waals surface area (Å²) in [5.41, 5.74) is 1.28. The number of hydrogen-bond acceptors (Lipinski definition) is 12. The molecule has 13 nitrogen and oxygen atoms in total. The summed E-state index contributed by atoms with van der Waals surface area (Å²) >= 11 is 0. The number of carbonyl (C=O) groups is 5. The van der Waals surface area contributed by atoms with E-state index in [1.165, 1.54) is 44.6 Å². The lowest BCUT2D eigenvalue weighted by molar-refractivity contribution is -0.151. The van der Waals surface area contributed by atoms with E-state index in [0.29, 0.717) is 35.7 Å². The molecule has 2 amide bonds. The average Bonchev–Trinajstić information content (AvgIpc) is 3.50. The van der Waals surface area contributed by atoms with E-state index in [-0.39, 0.29) is 30.2 Å². The van der Waals surface area contributed by atoms with Crippen LogP contribution >= 0.6 is 0 Å². The predicted octanol–water partition coefficient (Wildman–Crippen LogP) is 5.67. The van der Waals surface area contributed by atoms with Crippen LogP contribution in [-0.4, -0.2) is 80.0 Å². The van der Waals surface area contributed by atoms with Crippen molar-refractivity contribution in [2.24, 2.45) is 0 Å². The third kappa shape index (κ3) is 10.9. The summed E-state index contributed by atoms with van der Waals surface area (Å²) in [7, 11) is 2.82. The van der Waals surface area contributed by atoms with Crippen LogP contribution in [0.3, 0.4) is 0 Å². The molecule has 0 fully saturated rings. The number of aliphatic hydroxyl groups is 1. The van der Waals surface area contributed by atoms with Gasteiger partial charge in [-0.2, -0.15) is 0 Å². The first-order valence-corrected chi connectivity index (χ1v) is 17.1. The van der Waals surface area contributed by atoms with Gasteiger partial charge in [-0.15, -0.1) is 0 Å². The maximum atomic E-state index is 12.9. The Morgan fingerprint density at radius 1 is 0.704 bits per heavy atom. The van der Waals surface area contributed by atoms with Gasteiger partial charge in [0.15, 0.2) is 17.8 Å². The second-order valence-electron chi connectivity index (χ2n) is 12.0. The van der Waals surface area contributed by atoms with Gasteiger partial charge in [0.25, 0.3) is 11.8 Å². The maximum absolute atomic E-state index is 12.9. The van der Waals surface area contributed by atoms with E-state index < -0.39 is 36.0 Å². The van der Waals surface area contributed by atoms with Crippen molar-refractivity contribution in [1.29, 1.82) is 0 Å². The van der Waals surface area contributed by atoms with Crippen molar-refractivity contribution in [2.75, 3.05) is 34.0 Å². The molecular formula is C41H39NO12. The molecule has 0 spiro atoms. The molecule has 1 aliphatic heterocycles. The smallest absolute Gasteiger partial charge is 0.343 e. The van der Waals surface area contributed by atoms with Gasteiger partial charge in [0.05, 0.1) is 31.5 Å². The normalized spacial score (nSPS) is 13.0. The Kier molecular flexibility index (Phi) is 13.7. The molecule has 5 rings (SSSR count). The van der Waals surface area contributed by atoms with Crippen LogP contribution in [-0.2, 0) is 23.9 Å². The third-order valence-corrected chi connectivity index (χ3v) is 8.19. The van der Waals surface area contributed by atoms with Crippen molar-refractivity contribution < 1.29 is 57.5 Å². The van der Waals surface area contributed by atoms with Crippen LogP contribution in [0.1, 0.15) is 52.0 Å². The lowest BCUT2D eigenvalue weighted by Crippen LogP contribution is -2.35. The molecule has 1 aliphatic rings. The van der Waals surface area contributed by atoms with Gasteiger partial charge in [-0.25, -0.2) is 9.59 Å². The molecule has 1 N–H and O–H groups in total. The molecule has 0 bridgehead atoms. The van der Waals surface area contributed by atoms with Crippen molar-refractivity contribution in [2.45, 2.75) is 32.0 Å². The van der Waals surface area contributed by atoms with Crippen molar-refractivity contribution in [3.63, 3.8) is 0 Å². The van der Waals surface area contributed by atoms with E-state index in [0.717, 1.165) is 47.1 Å². The van der Waals surface area contributed by atoms with Crippen molar-refractivity contribution in [1.82, 2.24) is 4.90 Å². The molecule has 0 aliphatic carbocycles. The number of carbonyl (C=O) groups excluding carboxylic acids is 5. The number of nitrogens with zero attached hydrogens (tertiary/aromatic N) is 1. The highest BCUT2D eigenvalue weighted by Crippen LogP contribution is 2.30. The minimum absolute atomic E-state index is 0.205. The molecule has 1 heterocycles. The summed E-state index contributed by atoms with van der Waals surface area (Å²) in [5, 5.41) is 11.3. The first-order valence-electron chi connectivity index (χ1n) is 17.1. The van der Waals surface area contributed by atoms with Crippen LogP contribution in [0, 0.1) is 0 Å². The summed E-state index contributed by atoms with van der Waals surface area (Å²) in [5.74, 6) is -1.38. The number of rotatable bonds is 18. The lowest BCUT2D eigenvalue weighted by Gasteiger charge is -2.12. The summed E-state index contributed by atoms with van der Waals surface area (Å²) in [6.07, 6.45) is 7.42. The zero-order valence-electron chi connectivity index (χ0n) is 29.7. The van der Waals surface area contributed by atoms with Crippen LogP contribution < -0.4 is 18.9 Å². The standard InChI is InChI=1S/C41H39NO12/c1-49-35-23-27(8-20-38(45)50-2)7-17-34(35)54-40(47)28-11-14-32(15-12-28)53-41(48)31-10-9-30-25-33(16-13-29(30)24-31)51-21-5-3-4-6-22-52-39(46)26-42-36(43)18-19-37(42)44/h7-20,23-25,38,45H,3-6,21-22,26H2,1-2H3/b20-8+. The Bertz CT molecular complexity index is 2040. The van der Waals surface area contributed by atoms with Crippen LogP contribution in [0.5, 0.6) is 23.0 Å². The van der Waals surface area contributed by atoms with E-state index in [9.17, 15) is 29.1 Å². The highest BCUT2D eigenvalue weighted by molar-refractivity contribution is 6.14.